The van der Waals surface area contributed by atoms with Crippen LogP contribution in [-0.2, 0) is 0 Å². The second kappa shape index (κ2) is 5.05. The van der Waals surface area contributed by atoms with Crippen LogP contribution in [0.1, 0.15) is 0 Å². The maximum atomic E-state index is 3.71. The molecule has 0 unspecified atom stereocenters. The van der Waals surface area contributed by atoms with E-state index in [1.165, 1.54) is 0 Å². The predicted molar refractivity (Wildman–Crippen MR) is 56.7 cm³/mol. The molecule has 0 amide bonds. The molecule has 1 aromatic rings. The summed E-state index contributed by atoms with van der Waals surface area (Å²) in [6, 6.07) is 11.8. The fraction of sp³-hybridized carbons (Fsp3) is 0.167. The van der Waals surface area contributed by atoms with Crippen molar-refractivity contribution in [1.82, 2.24) is 0 Å². The van der Waals surface area contributed by atoms with Crippen LogP contribution < -0.4 is 4.90 Å². The van der Waals surface area contributed by atoms with Crippen molar-refractivity contribution < 1.29 is 0 Å². The molecule has 1 rings (SSSR count). The van der Waals surface area contributed by atoms with Gasteiger partial charge < -0.3 is 4.90 Å². The fourth-order valence-electron chi connectivity index (χ4n) is 1.11. The van der Waals surface area contributed by atoms with E-state index >= 15 is 0 Å². The molecule has 0 atom stereocenters. The Morgan fingerprint density at radius 1 is 1.31 bits per heavy atom. The van der Waals surface area contributed by atoms with Gasteiger partial charge in [-0.1, -0.05) is 24.3 Å². The second-order valence-electron chi connectivity index (χ2n) is 2.66. The summed E-state index contributed by atoms with van der Waals surface area (Å²) in [4.78, 5) is 2.12. The Labute approximate surface area is 80.0 Å². The Hall–Kier alpha value is -1.68. The molecular weight excluding hydrogens is 158 g/mol. The van der Waals surface area contributed by atoms with Crippen molar-refractivity contribution in [2.75, 3.05) is 18.0 Å². The second-order valence-corrected chi connectivity index (χ2v) is 2.66. The molecule has 0 heterocycles. The van der Waals surface area contributed by atoms with E-state index in [1.807, 2.05) is 30.4 Å². The summed E-state index contributed by atoms with van der Waals surface area (Å²) >= 11 is 0. The van der Waals surface area contributed by atoms with Crippen LogP contribution in [0.2, 0.25) is 0 Å². The third kappa shape index (κ3) is 2.68. The largest absolute Gasteiger partial charge is 0.357 e. The van der Waals surface area contributed by atoms with Crippen molar-refractivity contribution in [2.24, 2.45) is 0 Å². The van der Waals surface area contributed by atoms with Gasteiger partial charge in [0.05, 0.1) is 5.69 Å². The van der Waals surface area contributed by atoms with Crippen LogP contribution >= 0.6 is 0 Å². The third-order valence-electron chi connectivity index (χ3n) is 1.67. The quantitative estimate of drug-likeness (QED) is 0.615. The lowest BCUT2D eigenvalue weighted by Crippen LogP contribution is -2.22. The van der Waals surface area contributed by atoms with Gasteiger partial charge in [0.25, 0.3) is 0 Å². The van der Waals surface area contributed by atoms with Gasteiger partial charge in [-0.15, -0.1) is 13.2 Å². The van der Waals surface area contributed by atoms with Gasteiger partial charge in [-0.2, -0.15) is 0 Å². The van der Waals surface area contributed by atoms with E-state index in [1.54, 1.807) is 0 Å². The van der Waals surface area contributed by atoms with Crippen LogP contribution in [0, 0.1) is 12.1 Å². The summed E-state index contributed by atoms with van der Waals surface area (Å²) in [7, 11) is 0. The molecule has 0 aliphatic heterocycles. The highest BCUT2D eigenvalue weighted by atomic mass is 15.1. The SMILES string of the molecule is C=CCN(CC=C)c1c#cccc1. The predicted octanol–water partition coefficient (Wildman–Crippen LogP) is 2.47. The normalized spacial score (nSPS) is 8.62. The number of rotatable bonds is 5. The Kier molecular flexibility index (Phi) is 3.66. The van der Waals surface area contributed by atoms with E-state index in [4.69, 9.17) is 0 Å². The maximum Gasteiger partial charge on any atom is 0.0888 e. The standard InChI is InChI=1S/C12H13N/c1-3-10-13(11-4-2)12-8-6-5-7-9-12/h3-6,8H,1-2,10-11H2. The highest BCUT2D eigenvalue weighted by Gasteiger charge is 1.99. The van der Waals surface area contributed by atoms with Crippen molar-refractivity contribution in [3.63, 3.8) is 0 Å². The van der Waals surface area contributed by atoms with Crippen molar-refractivity contribution in [2.45, 2.75) is 0 Å². The Balaban J connectivity index is 2.75. The van der Waals surface area contributed by atoms with Crippen LogP contribution in [0.5, 0.6) is 0 Å². The summed E-state index contributed by atoms with van der Waals surface area (Å²) in [6.07, 6.45) is 3.73. The molecular formula is C12H13N. The molecule has 0 saturated carbocycles. The topological polar surface area (TPSA) is 3.24 Å². The Bertz CT molecular complexity index is 254. The molecule has 0 spiro atoms. The van der Waals surface area contributed by atoms with E-state index in [0.717, 1.165) is 18.8 Å². The summed E-state index contributed by atoms with van der Waals surface area (Å²) in [5.41, 5.74) is 1.03. The minimum absolute atomic E-state index is 0.806. The monoisotopic (exact) mass is 171 g/mol. The molecule has 1 aromatic carbocycles. The summed E-state index contributed by atoms with van der Waals surface area (Å²) in [5, 5.41) is 0. The van der Waals surface area contributed by atoms with Crippen LogP contribution in [0.15, 0.2) is 43.5 Å². The molecule has 13 heavy (non-hydrogen) atoms. The maximum absolute atomic E-state index is 3.71. The van der Waals surface area contributed by atoms with Gasteiger partial charge in [-0.25, -0.2) is 0 Å². The van der Waals surface area contributed by atoms with Crippen molar-refractivity contribution in [3.8, 4) is 0 Å². The average molecular weight is 171 g/mol. The van der Waals surface area contributed by atoms with Gasteiger partial charge in [-0.05, 0) is 18.2 Å². The highest BCUT2D eigenvalue weighted by molar-refractivity contribution is 5.43. The first kappa shape index (κ1) is 9.41. The number of hydrogen-bond donors (Lipinski definition) is 0. The van der Waals surface area contributed by atoms with Crippen molar-refractivity contribution >= 4 is 5.69 Å². The summed E-state index contributed by atoms with van der Waals surface area (Å²) in [6.45, 7) is 9.03. The molecule has 0 radical (unpaired) electrons. The van der Waals surface area contributed by atoms with E-state index in [9.17, 15) is 0 Å². The zero-order chi connectivity index (χ0) is 9.52. The van der Waals surface area contributed by atoms with Crippen LogP contribution in [0.4, 0.5) is 5.69 Å². The smallest absolute Gasteiger partial charge is 0.0888 e. The summed E-state index contributed by atoms with van der Waals surface area (Å²) in [5.74, 6) is 0. The Morgan fingerprint density at radius 3 is 2.46 bits per heavy atom. The van der Waals surface area contributed by atoms with E-state index in [2.05, 4.69) is 30.2 Å². The first-order valence-electron chi connectivity index (χ1n) is 4.23. The third-order valence-corrected chi connectivity index (χ3v) is 1.67. The van der Waals surface area contributed by atoms with Crippen LogP contribution in [0.25, 0.3) is 0 Å². The van der Waals surface area contributed by atoms with Gasteiger partial charge in [0.2, 0.25) is 0 Å². The molecule has 0 aliphatic carbocycles. The van der Waals surface area contributed by atoms with Crippen molar-refractivity contribution in [1.29, 1.82) is 0 Å². The highest BCUT2D eigenvalue weighted by Crippen LogP contribution is 2.08. The zero-order valence-corrected chi connectivity index (χ0v) is 7.66. The molecule has 0 N–H and O–H groups in total. The van der Waals surface area contributed by atoms with Crippen LogP contribution in [-0.4, -0.2) is 13.1 Å². The molecule has 0 saturated heterocycles. The Morgan fingerprint density at radius 2 is 2.00 bits per heavy atom. The van der Waals surface area contributed by atoms with E-state index in [0.29, 0.717) is 0 Å². The number of nitrogens with zero attached hydrogens (tertiary/aromatic N) is 1. The molecule has 66 valence electrons. The minimum atomic E-state index is 0.806. The average Bonchev–Trinajstić information content (AvgIpc) is 2.19. The lowest BCUT2D eigenvalue weighted by molar-refractivity contribution is 0.958. The van der Waals surface area contributed by atoms with E-state index < -0.39 is 0 Å². The van der Waals surface area contributed by atoms with Gasteiger partial charge in [0, 0.05) is 13.1 Å². The zero-order valence-electron chi connectivity index (χ0n) is 7.66. The number of hydrogen-bond acceptors (Lipinski definition) is 1. The number of anilines is 1. The first-order chi connectivity index (χ1) is 6.38. The van der Waals surface area contributed by atoms with Gasteiger partial charge in [0.15, 0.2) is 0 Å². The van der Waals surface area contributed by atoms with E-state index in [-0.39, 0.29) is 0 Å². The molecule has 1 heteroatoms. The van der Waals surface area contributed by atoms with Crippen molar-refractivity contribution in [3.05, 3.63) is 55.6 Å². The molecule has 0 aliphatic rings. The molecule has 0 fully saturated rings. The molecule has 1 nitrogen and oxygen atoms in total. The lowest BCUT2D eigenvalue weighted by atomic mass is 10.3. The van der Waals surface area contributed by atoms with Gasteiger partial charge in [-0.3, -0.25) is 0 Å². The van der Waals surface area contributed by atoms with Gasteiger partial charge in [0.1, 0.15) is 0 Å². The van der Waals surface area contributed by atoms with Crippen LogP contribution in [0.3, 0.4) is 0 Å². The fourth-order valence-corrected chi connectivity index (χ4v) is 1.11. The lowest BCUT2D eigenvalue weighted by Gasteiger charge is -2.19. The summed E-state index contributed by atoms with van der Waals surface area (Å²) < 4.78 is 0. The molecule has 0 bridgehead atoms. The van der Waals surface area contributed by atoms with Gasteiger partial charge >= 0.3 is 0 Å². The first-order valence-corrected chi connectivity index (χ1v) is 4.23. The molecule has 0 aromatic heterocycles. The minimum Gasteiger partial charge on any atom is -0.357 e.